The lowest BCUT2D eigenvalue weighted by Crippen LogP contribution is -2.37. The number of para-hydroxylation sites is 1. The zero-order chi connectivity index (χ0) is 15.6. The molecule has 0 saturated carbocycles. The summed E-state index contributed by atoms with van der Waals surface area (Å²) in [6, 6.07) is 9.95. The fourth-order valence-electron chi connectivity index (χ4n) is 2.58. The fourth-order valence-corrected chi connectivity index (χ4v) is 2.58. The van der Waals surface area contributed by atoms with E-state index in [1.807, 2.05) is 53.9 Å². The summed E-state index contributed by atoms with van der Waals surface area (Å²) in [5.74, 6) is 0.934. The van der Waals surface area contributed by atoms with Gasteiger partial charge in [-0.3, -0.25) is 0 Å². The summed E-state index contributed by atoms with van der Waals surface area (Å²) < 4.78 is 1.89. The zero-order valence-corrected chi connectivity index (χ0v) is 13.2. The molecule has 0 radical (unpaired) electrons. The first-order valence-electron chi connectivity index (χ1n) is 7.11. The summed E-state index contributed by atoms with van der Waals surface area (Å²) in [5, 5.41) is 14.7. The number of anilines is 1. The van der Waals surface area contributed by atoms with Gasteiger partial charge in [-0.15, -0.1) is 0 Å². The van der Waals surface area contributed by atoms with Gasteiger partial charge in [0.1, 0.15) is 5.82 Å². The summed E-state index contributed by atoms with van der Waals surface area (Å²) in [6.45, 7) is 6.47. The molecule has 0 fully saturated rings. The highest BCUT2D eigenvalue weighted by Gasteiger charge is 2.23. The standard InChI is InChI=1S/C16H24N4O/c1-12-14(10-17)15(19(4)11-16(2,3)21)20(18-12)13-8-6-5-7-9-13/h5-9,21H,10-11,17H2,1-4H3. The molecule has 0 spiro atoms. The third kappa shape index (κ3) is 3.43. The topological polar surface area (TPSA) is 67.3 Å². The van der Waals surface area contributed by atoms with Crippen molar-refractivity contribution in [3.8, 4) is 5.69 Å². The number of likely N-dealkylation sites (N-methyl/N-ethyl adjacent to an activating group) is 1. The molecule has 0 atom stereocenters. The molecule has 5 heteroatoms. The SMILES string of the molecule is Cc1nn(-c2ccccc2)c(N(C)CC(C)(C)O)c1CN. The van der Waals surface area contributed by atoms with E-state index in [0.29, 0.717) is 13.1 Å². The first-order chi connectivity index (χ1) is 9.83. The maximum absolute atomic E-state index is 10.1. The summed E-state index contributed by atoms with van der Waals surface area (Å²) in [6.07, 6.45) is 0. The fraction of sp³-hybridized carbons (Fsp3) is 0.438. The predicted molar refractivity (Wildman–Crippen MR) is 85.8 cm³/mol. The van der Waals surface area contributed by atoms with E-state index >= 15 is 0 Å². The van der Waals surface area contributed by atoms with Crippen molar-refractivity contribution in [2.24, 2.45) is 5.73 Å². The van der Waals surface area contributed by atoms with Crippen molar-refractivity contribution in [3.63, 3.8) is 0 Å². The summed E-state index contributed by atoms with van der Waals surface area (Å²) in [7, 11) is 1.95. The maximum atomic E-state index is 10.1. The molecule has 5 nitrogen and oxygen atoms in total. The van der Waals surface area contributed by atoms with Crippen LogP contribution in [-0.4, -0.2) is 34.1 Å². The average Bonchev–Trinajstić information content (AvgIpc) is 2.74. The number of benzene rings is 1. The van der Waals surface area contributed by atoms with Crippen molar-refractivity contribution >= 4 is 5.82 Å². The molecule has 2 aromatic rings. The van der Waals surface area contributed by atoms with Crippen LogP contribution in [0.3, 0.4) is 0 Å². The van der Waals surface area contributed by atoms with Crippen molar-refractivity contribution in [2.45, 2.75) is 32.9 Å². The van der Waals surface area contributed by atoms with Gasteiger partial charge < -0.3 is 15.7 Å². The van der Waals surface area contributed by atoms with E-state index in [0.717, 1.165) is 22.8 Å². The molecule has 0 aliphatic rings. The number of nitrogens with two attached hydrogens (primary N) is 1. The van der Waals surface area contributed by atoms with Crippen molar-refractivity contribution in [3.05, 3.63) is 41.6 Å². The lowest BCUT2D eigenvalue weighted by Gasteiger charge is -2.28. The molecule has 0 saturated heterocycles. The Kier molecular flexibility index (Phi) is 4.34. The molecule has 0 amide bonds. The van der Waals surface area contributed by atoms with Crippen molar-refractivity contribution in [1.82, 2.24) is 9.78 Å². The zero-order valence-electron chi connectivity index (χ0n) is 13.2. The molecule has 3 N–H and O–H groups in total. The van der Waals surface area contributed by atoms with Crippen LogP contribution in [0, 0.1) is 6.92 Å². The lowest BCUT2D eigenvalue weighted by molar-refractivity contribution is 0.0883. The number of aromatic nitrogens is 2. The quantitative estimate of drug-likeness (QED) is 0.881. The van der Waals surface area contributed by atoms with Crippen molar-refractivity contribution in [2.75, 3.05) is 18.5 Å². The Bertz CT molecular complexity index is 599. The Morgan fingerprint density at radius 1 is 1.29 bits per heavy atom. The molecule has 1 aromatic carbocycles. The highest BCUT2D eigenvalue weighted by molar-refractivity contribution is 5.55. The largest absolute Gasteiger partial charge is 0.389 e. The van der Waals surface area contributed by atoms with Crippen LogP contribution in [-0.2, 0) is 6.54 Å². The Labute approximate surface area is 126 Å². The minimum absolute atomic E-state index is 0.421. The second kappa shape index (κ2) is 5.87. The molecule has 0 aliphatic carbocycles. The second-order valence-corrected chi connectivity index (χ2v) is 6.01. The van der Waals surface area contributed by atoms with Crippen LogP contribution in [0.1, 0.15) is 25.1 Å². The number of hydrogen-bond acceptors (Lipinski definition) is 4. The Hall–Kier alpha value is -1.85. The van der Waals surface area contributed by atoms with E-state index in [2.05, 4.69) is 5.10 Å². The predicted octanol–water partition coefficient (Wildman–Crippen LogP) is 1.85. The minimum atomic E-state index is -0.791. The minimum Gasteiger partial charge on any atom is -0.389 e. The van der Waals surface area contributed by atoms with E-state index in [4.69, 9.17) is 5.73 Å². The van der Waals surface area contributed by atoms with Gasteiger partial charge in [0.2, 0.25) is 0 Å². The molecule has 1 heterocycles. The van der Waals surface area contributed by atoms with Gasteiger partial charge in [-0.25, -0.2) is 4.68 Å². The van der Waals surface area contributed by atoms with E-state index in [1.54, 1.807) is 13.8 Å². The van der Waals surface area contributed by atoms with Crippen LogP contribution in [0.15, 0.2) is 30.3 Å². The van der Waals surface area contributed by atoms with Crippen LogP contribution >= 0.6 is 0 Å². The average molecular weight is 288 g/mol. The van der Waals surface area contributed by atoms with Crippen LogP contribution < -0.4 is 10.6 Å². The summed E-state index contributed by atoms with van der Waals surface area (Å²) in [5.41, 5.74) is 8.02. The van der Waals surface area contributed by atoms with Crippen LogP contribution in [0.4, 0.5) is 5.82 Å². The molecular formula is C16H24N4O. The molecule has 1 aromatic heterocycles. The van der Waals surface area contributed by atoms with Gasteiger partial charge in [0.25, 0.3) is 0 Å². The van der Waals surface area contributed by atoms with E-state index in [9.17, 15) is 5.11 Å². The van der Waals surface area contributed by atoms with E-state index in [1.165, 1.54) is 0 Å². The Morgan fingerprint density at radius 2 is 1.90 bits per heavy atom. The molecule has 0 bridgehead atoms. The van der Waals surface area contributed by atoms with Crippen LogP contribution in [0.2, 0.25) is 0 Å². The highest BCUT2D eigenvalue weighted by Crippen LogP contribution is 2.27. The monoisotopic (exact) mass is 288 g/mol. The molecule has 2 rings (SSSR count). The highest BCUT2D eigenvalue weighted by atomic mass is 16.3. The lowest BCUT2D eigenvalue weighted by atomic mass is 10.1. The molecule has 0 unspecified atom stereocenters. The van der Waals surface area contributed by atoms with Gasteiger partial charge in [-0.2, -0.15) is 5.10 Å². The summed E-state index contributed by atoms with van der Waals surface area (Å²) in [4.78, 5) is 2.01. The van der Waals surface area contributed by atoms with Crippen molar-refractivity contribution in [1.29, 1.82) is 0 Å². The van der Waals surface area contributed by atoms with E-state index < -0.39 is 5.60 Å². The third-order valence-corrected chi connectivity index (χ3v) is 3.35. The first-order valence-corrected chi connectivity index (χ1v) is 7.11. The maximum Gasteiger partial charge on any atom is 0.137 e. The van der Waals surface area contributed by atoms with Crippen molar-refractivity contribution < 1.29 is 5.11 Å². The first kappa shape index (κ1) is 15.5. The molecule has 0 aliphatic heterocycles. The number of aryl methyl sites for hydroxylation is 1. The number of nitrogens with zero attached hydrogens (tertiary/aromatic N) is 3. The summed E-state index contributed by atoms with van der Waals surface area (Å²) >= 11 is 0. The number of rotatable bonds is 5. The van der Waals surface area contributed by atoms with Gasteiger partial charge in [0.05, 0.1) is 17.0 Å². The second-order valence-electron chi connectivity index (χ2n) is 6.01. The van der Waals surface area contributed by atoms with Gasteiger partial charge in [-0.1, -0.05) is 18.2 Å². The van der Waals surface area contributed by atoms with Gasteiger partial charge >= 0.3 is 0 Å². The van der Waals surface area contributed by atoms with Crippen LogP contribution in [0.5, 0.6) is 0 Å². The smallest absolute Gasteiger partial charge is 0.137 e. The van der Waals surface area contributed by atoms with Gasteiger partial charge in [0, 0.05) is 25.7 Å². The van der Waals surface area contributed by atoms with E-state index in [-0.39, 0.29) is 0 Å². The Balaban J connectivity index is 2.52. The van der Waals surface area contributed by atoms with Gasteiger partial charge in [0.15, 0.2) is 0 Å². The molecule has 114 valence electrons. The number of hydrogen-bond donors (Lipinski definition) is 2. The van der Waals surface area contributed by atoms with Crippen LogP contribution in [0.25, 0.3) is 5.69 Å². The van der Waals surface area contributed by atoms with Gasteiger partial charge in [-0.05, 0) is 32.9 Å². The third-order valence-electron chi connectivity index (χ3n) is 3.35. The number of aliphatic hydroxyl groups is 1. The normalized spacial score (nSPS) is 11.7. The molecule has 21 heavy (non-hydrogen) atoms. The molecular weight excluding hydrogens is 264 g/mol. The Morgan fingerprint density at radius 3 is 2.43 bits per heavy atom.